The number of unbranched alkanes of at least 4 members (excludes halogenated alkanes) is 2. The Kier molecular flexibility index (Phi) is 8.98. The van der Waals surface area contributed by atoms with Gasteiger partial charge in [-0.2, -0.15) is 8.78 Å². The summed E-state index contributed by atoms with van der Waals surface area (Å²) in [6, 6.07) is 13.0. The molecule has 0 saturated carbocycles. The summed E-state index contributed by atoms with van der Waals surface area (Å²) < 4.78 is 106. The fourth-order valence-electron chi connectivity index (χ4n) is 4.70. The van der Waals surface area contributed by atoms with Crippen LogP contribution in [0, 0.1) is 29.1 Å². The second-order valence-corrected chi connectivity index (χ2v) is 10.2. The van der Waals surface area contributed by atoms with Gasteiger partial charge in [-0.1, -0.05) is 50.1 Å². The quantitative estimate of drug-likeness (QED) is 0.117. The van der Waals surface area contributed by atoms with Gasteiger partial charge in [-0.25, -0.2) is 31.9 Å². The van der Waals surface area contributed by atoms with E-state index in [9.17, 15) is 30.7 Å². The topological polar surface area (TPSA) is 35.0 Å². The predicted molar refractivity (Wildman–Crippen MR) is 152 cm³/mol. The maximum atomic E-state index is 15.0. The molecule has 0 spiro atoms. The van der Waals surface area contributed by atoms with Crippen LogP contribution in [0.4, 0.5) is 30.7 Å². The van der Waals surface area contributed by atoms with Crippen molar-refractivity contribution in [3.05, 3.63) is 125 Å². The third-order valence-electron chi connectivity index (χ3n) is 7.00. The van der Waals surface area contributed by atoms with Crippen LogP contribution in [0.1, 0.15) is 37.3 Å². The normalized spacial score (nSPS) is 11.5. The molecule has 226 valence electrons. The van der Waals surface area contributed by atoms with E-state index in [1.165, 1.54) is 0 Å². The molecule has 44 heavy (non-hydrogen) atoms. The van der Waals surface area contributed by atoms with E-state index >= 15 is 0 Å². The lowest BCUT2D eigenvalue weighted by atomic mass is 10.0. The molecule has 5 rings (SSSR count). The van der Waals surface area contributed by atoms with Crippen molar-refractivity contribution in [1.29, 1.82) is 0 Å². The van der Waals surface area contributed by atoms with Crippen LogP contribution in [-0.4, -0.2) is 9.97 Å². The van der Waals surface area contributed by atoms with E-state index in [-0.39, 0.29) is 16.7 Å². The van der Waals surface area contributed by atoms with Crippen LogP contribution >= 0.6 is 0 Å². The fourth-order valence-corrected chi connectivity index (χ4v) is 4.70. The van der Waals surface area contributed by atoms with Crippen LogP contribution in [0.5, 0.6) is 5.75 Å². The number of benzene rings is 4. The molecule has 0 bridgehead atoms. The van der Waals surface area contributed by atoms with Crippen molar-refractivity contribution in [2.45, 2.75) is 38.7 Å². The molecule has 1 aromatic heterocycles. The molecule has 3 nitrogen and oxygen atoms in total. The molecular formula is C34H25F7N2O. The Morgan fingerprint density at radius 2 is 1.23 bits per heavy atom. The molecule has 4 aromatic carbocycles. The zero-order valence-electron chi connectivity index (χ0n) is 23.4. The van der Waals surface area contributed by atoms with E-state index in [0.29, 0.717) is 23.0 Å². The minimum absolute atomic E-state index is 0.000202. The number of halogens is 7. The molecule has 1 heterocycles. The Morgan fingerprint density at radius 1 is 0.614 bits per heavy atom. The van der Waals surface area contributed by atoms with Crippen LogP contribution in [-0.2, 0) is 12.5 Å². The van der Waals surface area contributed by atoms with Crippen molar-refractivity contribution in [2.24, 2.45) is 0 Å². The van der Waals surface area contributed by atoms with Gasteiger partial charge in [0, 0.05) is 29.6 Å². The number of hydrogen-bond donors (Lipinski definition) is 0. The van der Waals surface area contributed by atoms with Gasteiger partial charge in [0.15, 0.2) is 17.5 Å². The molecule has 0 saturated heterocycles. The van der Waals surface area contributed by atoms with Gasteiger partial charge < -0.3 is 4.74 Å². The summed E-state index contributed by atoms with van der Waals surface area (Å²) in [4.78, 5) is 8.77. The number of nitrogens with zero attached hydrogens (tertiary/aromatic N) is 2. The maximum Gasteiger partial charge on any atom is 0.432 e. The molecule has 5 aromatic rings. The first-order chi connectivity index (χ1) is 21.1. The van der Waals surface area contributed by atoms with E-state index < -0.39 is 46.5 Å². The highest BCUT2D eigenvalue weighted by molar-refractivity contribution is 5.68. The molecule has 0 N–H and O–H groups in total. The highest BCUT2D eigenvalue weighted by Gasteiger charge is 2.41. The van der Waals surface area contributed by atoms with Crippen LogP contribution in [0.3, 0.4) is 0 Å². The van der Waals surface area contributed by atoms with Gasteiger partial charge in [0.25, 0.3) is 0 Å². The first kappa shape index (κ1) is 30.7. The second kappa shape index (κ2) is 12.9. The van der Waals surface area contributed by atoms with Crippen molar-refractivity contribution in [1.82, 2.24) is 9.97 Å². The van der Waals surface area contributed by atoms with Gasteiger partial charge in [0.1, 0.15) is 28.8 Å². The van der Waals surface area contributed by atoms with E-state index in [1.807, 2.05) is 0 Å². The van der Waals surface area contributed by atoms with Crippen LogP contribution < -0.4 is 4.74 Å². The van der Waals surface area contributed by atoms with Crippen molar-refractivity contribution in [3.63, 3.8) is 0 Å². The van der Waals surface area contributed by atoms with Gasteiger partial charge in [0.2, 0.25) is 0 Å². The molecule has 0 fully saturated rings. The molecule has 0 unspecified atom stereocenters. The van der Waals surface area contributed by atoms with E-state index in [4.69, 9.17) is 0 Å². The van der Waals surface area contributed by atoms with Gasteiger partial charge in [-0.05, 0) is 71.5 Å². The minimum atomic E-state index is -4.52. The fraction of sp³-hybridized carbons (Fsp3) is 0.176. The summed E-state index contributed by atoms with van der Waals surface area (Å²) in [5, 5.41) is 0. The summed E-state index contributed by atoms with van der Waals surface area (Å²) in [6.07, 6.45) is 3.15. The number of alkyl halides is 2. The molecule has 0 aliphatic heterocycles. The predicted octanol–water partition coefficient (Wildman–Crippen LogP) is 10.0. The van der Waals surface area contributed by atoms with Crippen LogP contribution in [0.25, 0.3) is 33.6 Å². The van der Waals surface area contributed by atoms with Crippen molar-refractivity contribution >= 4 is 0 Å². The molecule has 0 aliphatic rings. The van der Waals surface area contributed by atoms with Gasteiger partial charge in [0.05, 0.1) is 0 Å². The Labute approximate surface area is 249 Å². The summed E-state index contributed by atoms with van der Waals surface area (Å²) in [5.41, 5.74) is 0.106. The Balaban J connectivity index is 1.32. The number of aromatic nitrogens is 2. The number of ether oxygens (including phenoxy) is 1. The monoisotopic (exact) mass is 610 g/mol. The van der Waals surface area contributed by atoms with E-state index in [0.717, 1.165) is 73.7 Å². The maximum absolute atomic E-state index is 15.0. The van der Waals surface area contributed by atoms with Gasteiger partial charge >= 0.3 is 6.11 Å². The number of aryl methyl sites for hydroxylation is 1. The average Bonchev–Trinajstić information content (AvgIpc) is 2.98. The molecule has 0 aliphatic carbocycles. The van der Waals surface area contributed by atoms with Gasteiger partial charge in [-0.15, -0.1) is 0 Å². The zero-order valence-corrected chi connectivity index (χ0v) is 23.4. The standard InChI is InChI=1S/C34H25F7N2O/c1-2-3-4-5-20-18-42-33(43-19-20)22-8-6-21(7-9-22)24-15-30(38)32(31(39)16-24)34(40,41)44-25-11-12-26(28(36)17-25)23-10-13-27(35)29(37)14-23/h6-19H,2-5H2,1H3. The lowest BCUT2D eigenvalue weighted by Crippen LogP contribution is -2.25. The summed E-state index contributed by atoms with van der Waals surface area (Å²) in [5.74, 6) is -6.89. The molecule has 10 heteroatoms. The SMILES string of the molecule is CCCCCc1cnc(-c2ccc(-c3cc(F)c(C(F)(F)Oc4ccc(-c5ccc(F)c(F)c5)c(F)c4)c(F)c3)cc2)nc1. The summed E-state index contributed by atoms with van der Waals surface area (Å²) >= 11 is 0. The summed E-state index contributed by atoms with van der Waals surface area (Å²) in [7, 11) is 0. The number of rotatable bonds is 10. The van der Waals surface area contributed by atoms with E-state index in [2.05, 4.69) is 21.6 Å². The highest BCUT2D eigenvalue weighted by atomic mass is 19.3. The zero-order chi connectivity index (χ0) is 31.4. The molecule has 0 amide bonds. The first-order valence-corrected chi connectivity index (χ1v) is 13.8. The largest absolute Gasteiger partial charge is 0.432 e. The van der Waals surface area contributed by atoms with Crippen molar-refractivity contribution in [2.75, 3.05) is 0 Å². The second-order valence-electron chi connectivity index (χ2n) is 10.2. The lowest BCUT2D eigenvalue weighted by molar-refractivity contribution is -0.189. The lowest BCUT2D eigenvalue weighted by Gasteiger charge is -2.20. The smallest absolute Gasteiger partial charge is 0.429 e. The Bertz CT molecular complexity index is 1750. The molecule has 0 atom stereocenters. The highest BCUT2D eigenvalue weighted by Crippen LogP contribution is 2.38. The third kappa shape index (κ3) is 6.74. The molecular weight excluding hydrogens is 585 g/mol. The summed E-state index contributed by atoms with van der Waals surface area (Å²) in [6.45, 7) is 2.12. The van der Waals surface area contributed by atoms with Crippen molar-refractivity contribution < 1.29 is 35.5 Å². The molecule has 0 radical (unpaired) electrons. The van der Waals surface area contributed by atoms with Gasteiger partial charge in [-0.3, -0.25) is 0 Å². The number of hydrogen-bond acceptors (Lipinski definition) is 3. The Morgan fingerprint density at radius 3 is 1.84 bits per heavy atom. The van der Waals surface area contributed by atoms with Crippen LogP contribution in [0.15, 0.2) is 85.2 Å². The first-order valence-electron chi connectivity index (χ1n) is 13.8. The van der Waals surface area contributed by atoms with Crippen LogP contribution in [0.2, 0.25) is 0 Å². The minimum Gasteiger partial charge on any atom is -0.429 e. The van der Waals surface area contributed by atoms with Crippen molar-refractivity contribution in [3.8, 4) is 39.4 Å². The Hall–Kier alpha value is -4.73. The van der Waals surface area contributed by atoms with E-state index in [1.54, 1.807) is 36.7 Å². The average molecular weight is 611 g/mol. The third-order valence-corrected chi connectivity index (χ3v) is 7.00.